The van der Waals surface area contributed by atoms with Gasteiger partial charge >= 0.3 is 0 Å². The molecule has 2 N–H and O–H groups in total. The number of benzene rings is 1. The number of phenols is 1. The molecular weight excluding hydrogens is 236 g/mol. The van der Waals surface area contributed by atoms with Gasteiger partial charge in [0.2, 0.25) is 0 Å². The van der Waals surface area contributed by atoms with Crippen LogP contribution in [0.1, 0.15) is 16.1 Å². The number of carbonyl (C=O) groups is 1. The van der Waals surface area contributed by atoms with Gasteiger partial charge < -0.3 is 10.4 Å². The smallest absolute Gasteiger partial charge is 0.251 e. The Kier molecular flexibility index (Phi) is 3.72. The fourth-order valence-corrected chi connectivity index (χ4v) is 1.97. The van der Waals surface area contributed by atoms with Gasteiger partial charge in [-0.2, -0.15) is 0 Å². The second kappa shape index (κ2) is 5.45. The fraction of sp³-hybridized carbons (Fsp3) is 0.167. The van der Waals surface area contributed by atoms with Gasteiger partial charge in [-0.15, -0.1) is 11.3 Å². The SMILES string of the molecule is O=C(NCCc1cscn1)c1ccc(O)cc1. The van der Waals surface area contributed by atoms with E-state index in [1.54, 1.807) is 29.0 Å². The first kappa shape index (κ1) is 11.6. The highest BCUT2D eigenvalue weighted by atomic mass is 32.1. The van der Waals surface area contributed by atoms with Crippen molar-refractivity contribution >= 4 is 17.2 Å². The number of aromatic hydroxyl groups is 1. The average Bonchev–Trinajstić information content (AvgIpc) is 2.83. The molecule has 0 aliphatic carbocycles. The maximum Gasteiger partial charge on any atom is 0.251 e. The molecule has 0 radical (unpaired) electrons. The number of hydrogen-bond donors (Lipinski definition) is 2. The Morgan fingerprint density at radius 2 is 2.12 bits per heavy atom. The molecule has 0 saturated carbocycles. The van der Waals surface area contributed by atoms with Crippen molar-refractivity contribution < 1.29 is 9.90 Å². The van der Waals surface area contributed by atoms with Crippen LogP contribution in [0.25, 0.3) is 0 Å². The van der Waals surface area contributed by atoms with Crippen LogP contribution >= 0.6 is 11.3 Å². The van der Waals surface area contributed by atoms with E-state index in [0.717, 1.165) is 12.1 Å². The molecular formula is C12H12N2O2S. The number of hydrogen-bond acceptors (Lipinski definition) is 4. The van der Waals surface area contributed by atoms with Gasteiger partial charge in [-0.25, -0.2) is 4.98 Å². The van der Waals surface area contributed by atoms with E-state index in [1.807, 2.05) is 5.38 Å². The second-order valence-corrected chi connectivity index (χ2v) is 4.25. The summed E-state index contributed by atoms with van der Waals surface area (Å²) in [6, 6.07) is 6.17. The summed E-state index contributed by atoms with van der Waals surface area (Å²) in [7, 11) is 0. The Bertz CT molecular complexity index is 480. The predicted octanol–water partition coefficient (Wildman–Crippen LogP) is 1.82. The lowest BCUT2D eigenvalue weighted by atomic mass is 10.2. The number of nitrogens with zero attached hydrogens (tertiary/aromatic N) is 1. The van der Waals surface area contributed by atoms with E-state index >= 15 is 0 Å². The van der Waals surface area contributed by atoms with E-state index in [2.05, 4.69) is 10.3 Å². The number of nitrogens with one attached hydrogen (secondary N) is 1. The van der Waals surface area contributed by atoms with Gasteiger partial charge in [-0.1, -0.05) is 0 Å². The molecule has 2 rings (SSSR count). The maximum atomic E-state index is 11.7. The first-order chi connectivity index (χ1) is 8.25. The largest absolute Gasteiger partial charge is 0.508 e. The van der Waals surface area contributed by atoms with Crippen LogP contribution in [0.5, 0.6) is 5.75 Å². The molecule has 17 heavy (non-hydrogen) atoms. The molecule has 4 nitrogen and oxygen atoms in total. The molecule has 0 fully saturated rings. The third kappa shape index (κ3) is 3.29. The molecule has 0 aliphatic rings. The van der Waals surface area contributed by atoms with Crippen molar-refractivity contribution in [2.45, 2.75) is 6.42 Å². The maximum absolute atomic E-state index is 11.7. The summed E-state index contributed by atoms with van der Waals surface area (Å²) in [5, 5.41) is 13.9. The first-order valence-electron chi connectivity index (χ1n) is 5.20. The zero-order valence-electron chi connectivity index (χ0n) is 9.09. The van der Waals surface area contributed by atoms with E-state index in [9.17, 15) is 4.79 Å². The van der Waals surface area contributed by atoms with E-state index < -0.39 is 0 Å². The highest BCUT2D eigenvalue weighted by Gasteiger charge is 2.04. The van der Waals surface area contributed by atoms with Gasteiger partial charge in [0.15, 0.2) is 0 Å². The van der Waals surface area contributed by atoms with Gasteiger partial charge in [-0.05, 0) is 24.3 Å². The van der Waals surface area contributed by atoms with Crippen molar-refractivity contribution in [1.82, 2.24) is 10.3 Å². The first-order valence-corrected chi connectivity index (χ1v) is 6.14. The second-order valence-electron chi connectivity index (χ2n) is 3.53. The average molecular weight is 248 g/mol. The van der Waals surface area contributed by atoms with E-state index in [4.69, 9.17) is 5.11 Å². The lowest BCUT2D eigenvalue weighted by molar-refractivity contribution is 0.0954. The summed E-state index contributed by atoms with van der Waals surface area (Å²) < 4.78 is 0. The summed E-state index contributed by atoms with van der Waals surface area (Å²) >= 11 is 1.54. The number of thiazole rings is 1. The van der Waals surface area contributed by atoms with E-state index in [-0.39, 0.29) is 11.7 Å². The third-order valence-corrected chi connectivity index (χ3v) is 2.91. The standard InChI is InChI=1S/C12H12N2O2S/c15-11-3-1-9(2-4-11)12(16)13-6-5-10-7-17-8-14-10/h1-4,7-8,15H,5-6H2,(H,13,16). The van der Waals surface area contributed by atoms with Gasteiger partial charge in [0, 0.05) is 23.9 Å². The number of aromatic nitrogens is 1. The molecule has 0 unspecified atom stereocenters. The van der Waals surface area contributed by atoms with E-state index in [1.165, 1.54) is 12.1 Å². The molecule has 0 aliphatic heterocycles. The van der Waals surface area contributed by atoms with Crippen molar-refractivity contribution in [3.8, 4) is 5.75 Å². The number of amides is 1. The Hall–Kier alpha value is -1.88. The van der Waals surface area contributed by atoms with Gasteiger partial charge in [-0.3, -0.25) is 4.79 Å². The van der Waals surface area contributed by atoms with Crippen molar-refractivity contribution in [2.75, 3.05) is 6.54 Å². The summed E-state index contributed by atoms with van der Waals surface area (Å²) in [6.45, 7) is 0.559. The minimum atomic E-state index is -0.139. The quantitative estimate of drug-likeness (QED) is 0.867. The van der Waals surface area contributed by atoms with Gasteiger partial charge in [0.1, 0.15) is 5.75 Å². The van der Waals surface area contributed by atoms with Crippen LogP contribution in [-0.4, -0.2) is 22.5 Å². The monoisotopic (exact) mass is 248 g/mol. The number of phenolic OH excluding ortho intramolecular Hbond substituents is 1. The van der Waals surface area contributed by atoms with Crippen molar-refractivity contribution in [1.29, 1.82) is 0 Å². The minimum Gasteiger partial charge on any atom is -0.508 e. The van der Waals surface area contributed by atoms with Crippen LogP contribution in [0.15, 0.2) is 35.2 Å². The number of rotatable bonds is 4. The summed E-state index contributed by atoms with van der Waals surface area (Å²) in [6.07, 6.45) is 0.729. The zero-order valence-corrected chi connectivity index (χ0v) is 9.91. The van der Waals surface area contributed by atoms with Crippen molar-refractivity contribution in [3.05, 3.63) is 46.4 Å². The summed E-state index contributed by atoms with van der Waals surface area (Å²) in [4.78, 5) is 15.8. The predicted molar refractivity (Wildman–Crippen MR) is 66.3 cm³/mol. The molecule has 88 valence electrons. The Morgan fingerprint density at radius 1 is 1.35 bits per heavy atom. The Labute approximate surface area is 103 Å². The molecule has 1 aromatic carbocycles. The molecule has 1 amide bonds. The molecule has 1 heterocycles. The fourth-order valence-electron chi connectivity index (χ4n) is 1.38. The van der Waals surface area contributed by atoms with Crippen LogP contribution < -0.4 is 5.32 Å². The molecule has 0 saturated heterocycles. The highest BCUT2D eigenvalue weighted by Crippen LogP contribution is 2.09. The zero-order chi connectivity index (χ0) is 12.1. The van der Waals surface area contributed by atoms with Crippen LogP contribution in [0.2, 0.25) is 0 Å². The minimum absolute atomic E-state index is 0.139. The highest BCUT2D eigenvalue weighted by molar-refractivity contribution is 7.07. The molecule has 2 aromatic rings. The molecule has 0 atom stereocenters. The van der Waals surface area contributed by atoms with Crippen LogP contribution in [0, 0.1) is 0 Å². The van der Waals surface area contributed by atoms with Crippen LogP contribution in [0.3, 0.4) is 0 Å². The lowest BCUT2D eigenvalue weighted by Gasteiger charge is -2.03. The third-order valence-electron chi connectivity index (χ3n) is 2.28. The molecule has 5 heteroatoms. The van der Waals surface area contributed by atoms with Crippen molar-refractivity contribution in [3.63, 3.8) is 0 Å². The Morgan fingerprint density at radius 3 is 2.76 bits per heavy atom. The van der Waals surface area contributed by atoms with E-state index in [0.29, 0.717) is 12.1 Å². The summed E-state index contributed by atoms with van der Waals surface area (Å²) in [5.74, 6) is 0.0178. The topological polar surface area (TPSA) is 62.2 Å². The normalized spacial score (nSPS) is 10.1. The van der Waals surface area contributed by atoms with Gasteiger partial charge in [0.05, 0.1) is 11.2 Å². The van der Waals surface area contributed by atoms with Crippen LogP contribution in [-0.2, 0) is 6.42 Å². The van der Waals surface area contributed by atoms with Gasteiger partial charge in [0.25, 0.3) is 5.91 Å². The van der Waals surface area contributed by atoms with Crippen LogP contribution in [0.4, 0.5) is 0 Å². The number of carbonyl (C=O) groups excluding carboxylic acids is 1. The Balaban J connectivity index is 1.83. The molecule has 1 aromatic heterocycles. The lowest BCUT2D eigenvalue weighted by Crippen LogP contribution is -2.25. The summed E-state index contributed by atoms with van der Waals surface area (Å²) in [5.41, 5.74) is 3.30. The van der Waals surface area contributed by atoms with Crippen molar-refractivity contribution in [2.24, 2.45) is 0 Å². The molecule has 0 spiro atoms. The molecule has 0 bridgehead atoms.